The first kappa shape index (κ1) is 18.6. The molecular weight excluding hydrogens is 372 g/mol. The number of thiazole rings is 1. The lowest BCUT2D eigenvalue weighted by Crippen LogP contribution is -2.40. The number of likely N-dealkylation sites (tertiary alicyclic amines) is 1. The Balaban J connectivity index is 1.37. The maximum Gasteiger partial charge on any atom is 0.322 e. The average Bonchev–Trinajstić information content (AvgIpc) is 3.36. The maximum absolute atomic E-state index is 12.7. The van der Waals surface area contributed by atoms with Gasteiger partial charge in [-0.15, -0.1) is 0 Å². The molecule has 2 aromatic heterocycles. The van der Waals surface area contributed by atoms with Crippen molar-refractivity contribution in [2.45, 2.75) is 39.0 Å². The number of nitrogens with zero attached hydrogens (tertiary/aromatic N) is 4. The number of urea groups is 1. The molecule has 0 aliphatic carbocycles. The Hall–Kier alpha value is -2.74. The molecule has 2 amide bonds. The highest BCUT2D eigenvalue weighted by Gasteiger charge is 2.27. The van der Waals surface area contributed by atoms with Gasteiger partial charge >= 0.3 is 6.03 Å². The van der Waals surface area contributed by atoms with Gasteiger partial charge in [-0.25, -0.2) is 14.8 Å². The number of hydrogen-bond donors (Lipinski definition) is 2. The summed E-state index contributed by atoms with van der Waals surface area (Å²) in [5, 5.41) is 12.1. The number of carbonyl (C=O) groups is 1. The number of rotatable bonds is 4. The summed E-state index contributed by atoms with van der Waals surface area (Å²) < 4.78 is 0. The van der Waals surface area contributed by atoms with E-state index in [9.17, 15) is 4.79 Å². The molecule has 7 nitrogen and oxygen atoms in total. The molecule has 4 rings (SSSR count). The molecule has 146 valence electrons. The van der Waals surface area contributed by atoms with Gasteiger partial charge in [0.25, 0.3) is 0 Å². The molecule has 3 heterocycles. The summed E-state index contributed by atoms with van der Waals surface area (Å²) >= 11 is 1.51. The molecule has 0 atom stereocenters. The maximum atomic E-state index is 12.7. The van der Waals surface area contributed by atoms with E-state index in [0.717, 1.165) is 52.2 Å². The molecule has 2 N–H and O–H groups in total. The van der Waals surface area contributed by atoms with Crippen LogP contribution in [0, 0.1) is 6.92 Å². The van der Waals surface area contributed by atoms with Crippen molar-refractivity contribution < 1.29 is 4.79 Å². The van der Waals surface area contributed by atoms with Crippen LogP contribution in [-0.2, 0) is 6.42 Å². The lowest BCUT2D eigenvalue weighted by molar-refractivity contribution is 0.193. The summed E-state index contributed by atoms with van der Waals surface area (Å²) in [7, 11) is 0. The van der Waals surface area contributed by atoms with Crippen LogP contribution in [0.2, 0.25) is 0 Å². The van der Waals surface area contributed by atoms with Gasteiger partial charge in [0.1, 0.15) is 15.8 Å². The SMILES string of the molecule is CCc1nc(C2CCN(C(=O)Nc3sc(-c4ccccc4)nc3C)CC2)n[nH]1. The van der Waals surface area contributed by atoms with Gasteiger partial charge in [0.05, 0.1) is 5.69 Å². The largest absolute Gasteiger partial charge is 0.324 e. The van der Waals surface area contributed by atoms with Crippen LogP contribution >= 0.6 is 11.3 Å². The number of aryl methyl sites for hydroxylation is 2. The highest BCUT2D eigenvalue weighted by Crippen LogP contribution is 2.32. The van der Waals surface area contributed by atoms with E-state index in [-0.39, 0.29) is 6.03 Å². The van der Waals surface area contributed by atoms with Gasteiger partial charge in [-0.05, 0) is 19.8 Å². The number of amides is 2. The van der Waals surface area contributed by atoms with E-state index in [4.69, 9.17) is 0 Å². The van der Waals surface area contributed by atoms with Gasteiger partial charge in [-0.1, -0.05) is 48.6 Å². The van der Waals surface area contributed by atoms with E-state index < -0.39 is 0 Å². The van der Waals surface area contributed by atoms with Crippen molar-refractivity contribution in [3.63, 3.8) is 0 Å². The Morgan fingerprint density at radius 3 is 2.68 bits per heavy atom. The number of carbonyl (C=O) groups excluding carboxylic acids is 1. The quantitative estimate of drug-likeness (QED) is 0.691. The first-order valence-electron chi connectivity index (χ1n) is 9.64. The molecule has 1 saturated heterocycles. The smallest absolute Gasteiger partial charge is 0.322 e. The first-order chi connectivity index (χ1) is 13.6. The lowest BCUT2D eigenvalue weighted by Gasteiger charge is -2.30. The molecule has 0 bridgehead atoms. The van der Waals surface area contributed by atoms with Gasteiger partial charge in [-0.2, -0.15) is 5.10 Å². The van der Waals surface area contributed by atoms with Crippen LogP contribution in [0.1, 0.15) is 43.0 Å². The van der Waals surface area contributed by atoms with Crippen molar-refractivity contribution in [2.24, 2.45) is 0 Å². The number of aromatic amines is 1. The molecule has 8 heteroatoms. The first-order valence-corrected chi connectivity index (χ1v) is 10.5. The normalized spacial score (nSPS) is 15.0. The molecule has 0 radical (unpaired) electrons. The van der Waals surface area contributed by atoms with E-state index in [1.54, 1.807) is 0 Å². The zero-order valence-corrected chi connectivity index (χ0v) is 16.9. The molecule has 0 saturated carbocycles. The lowest BCUT2D eigenvalue weighted by atomic mass is 9.96. The fourth-order valence-electron chi connectivity index (χ4n) is 3.38. The molecule has 0 spiro atoms. The number of benzene rings is 1. The van der Waals surface area contributed by atoms with Gasteiger partial charge in [-0.3, -0.25) is 10.4 Å². The van der Waals surface area contributed by atoms with Crippen LogP contribution in [0.4, 0.5) is 9.80 Å². The van der Waals surface area contributed by atoms with Gasteiger partial charge in [0.15, 0.2) is 5.82 Å². The highest BCUT2D eigenvalue weighted by atomic mass is 32.1. The number of hydrogen-bond acceptors (Lipinski definition) is 5. The number of anilines is 1. The predicted molar refractivity (Wildman–Crippen MR) is 111 cm³/mol. The van der Waals surface area contributed by atoms with Crippen LogP contribution < -0.4 is 5.32 Å². The van der Waals surface area contributed by atoms with E-state index in [0.29, 0.717) is 19.0 Å². The van der Waals surface area contributed by atoms with Crippen LogP contribution in [0.25, 0.3) is 10.6 Å². The molecule has 1 aliphatic heterocycles. The minimum Gasteiger partial charge on any atom is -0.324 e. The fourth-order valence-corrected chi connectivity index (χ4v) is 4.35. The molecular formula is C20H24N6OS. The topological polar surface area (TPSA) is 86.8 Å². The molecule has 3 aromatic rings. The Kier molecular flexibility index (Phi) is 5.38. The van der Waals surface area contributed by atoms with E-state index in [2.05, 4.69) is 32.4 Å². The summed E-state index contributed by atoms with van der Waals surface area (Å²) in [5.41, 5.74) is 1.91. The standard InChI is InChI=1S/C20H24N6OS/c1-3-16-22-17(25-24-16)14-9-11-26(12-10-14)20(27)23-18-13(2)21-19(28-18)15-7-5-4-6-8-15/h4-8,14H,3,9-12H2,1-2H3,(H,23,27)(H,22,24,25). The Labute approximate surface area is 168 Å². The number of aromatic nitrogens is 4. The zero-order valence-electron chi connectivity index (χ0n) is 16.1. The Bertz CT molecular complexity index is 943. The predicted octanol–water partition coefficient (Wildman–Crippen LogP) is 4.21. The van der Waals surface area contributed by atoms with Crippen molar-refractivity contribution in [2.75, 3.05) is 18.4 Å². The second kappa shape index (κ2) is 8.10. The molecule has 28 heavy (non-hydrogen) atoms. The third-order valence-corrected chi connectivity index (χ3v) is 6.19. The van der Waals surface area contributed by atoms with Crippen LogP contribution in [0.3, 0.4) is 0 Å². The summed E-state index contributed by atoms with van der Waals surface area (Å²) in [6.45, 7) is 5.40. The summed E-state index contributed by atoms with van der Waals surface area (Å²) in [4.78, 5) is 23.7. The number of nitrogens with one attached hydrogen (secondary N) is 2. The number of H-pyrrole nitrogens is 1. The zero-order chi connectivity index (χ0) is 19.5. The van der Waals surface area contributed by atoms with Crippen LogP contribution in [0.5, 0.6) is 0 Å². The Morgan fingerprint density at radius 2 is 2.00 bits per heavy atom. The Morgan fingerprint density at radius 1 is 1.25 bits per heavy atom. The summed E-state index contributed by atoms with van der Waals surface area (Å²) in [6, 6.07) is 9.97. The third kappa shape index (κ3) is 3.91. The van der Waals surface area contributed by atoms with Crippen LogP contribution in [-0.4, -0.2) is 44.2 Å². The van der Waals surface area contributed by atoms with Crippen LogP contribution in [0.15, 0.2) is 30.3 Å². The van der Waals surface area contributed by atoms with Crippen molar-refractivity contribution in [1.82, 2.24) is 25.1 Å². The highest BCUT2D eigenvalue weighted by molar-refractivity contribution is 7.19. The summed E-state index contributed by atoms with van der Waals surface area (Å²) in [6.07, 6.45) is 2.62. The van der Waals surface area contributed by atoms with Gasteiger partial charge < -0.3 is 4.90 Å². The minimum atomic E-state index is -0.0611. The molecule has 1 fully saturated rings. The van der Waals surface area contributed by atoms with Crippen molar-refractivity contribution in [3.8, 4) is 10.6 Å². The van der Waals surface area contributed by atoms with E-state index in [1.165, 1.54) is 11.3 Å². The molecule has 1 aromatic carbocycles. The van der Waals surface area contributed by atoms with Gasteiger partial charge in [0, 0.05) is 31.0 Å². The third-order valence-electron chi connectivity index (χ3n) is 5.07. The van der Waals surface area contributed by atoms with Crippen molar-refractivity contribution in [3.05, 3.63) is 47.7 Å². The van der Waals surface area contributed by atoms with Crippen molar-refractivity contribution in [1.29, 1.82) is 0 Å². The summed E-state index contributed by atoms with van der Waals surface area (Å²) in [5.74, 6) is 2.11. The van der Waals surface area contributed by atoms with Crippen molar-refractivity contribution >= 4 is 22.4 Å². The second-order valence-corrected chi connectivity index (χ2v) is 7.98. The average molecular weight is 397 g/mol. The van der Waals surface area contributed by atoms with E-state index >= 15 is 0 Å². The van der Waals surface area contributed by atoms with Gasteiger partial charge in [0.2, 0.25) is 0 Å². The van der Waals surface area contributed by atoms with E-state index in [1.807, 2.05) is 42.2 Å². The molecule has 0 unspecified atom stereocenters. The fraction of sp³-hybridized carbons (Fsp3) is 0.400. The number of piperidine rings is 1. The molecule has 1 aliphatic rings. The minimum absolute atomic E-state index is 0.0611. The monoisotopic (exact) mass is 396 g/mol. The second-order valence-electron chi connectivity index (χ2n) is 6.98.